The second kappa shape index (κ2) is 4.33. The Morgan fingerprint density at radius 1 is 1.12 bits per heavy atom. The summed E-state index contributed by atoms with van der Waals surface area (Å²) >= 11 is 0. The molecule has 2 nitrogen and oxygen atoms in total. The van der Waals surface area contributed by atoms with Crippen LogP contribution < -0.4 is 5.73 Å². The molecule has 1 aromatic carbocycles. The lowest BCUT2D eigenvalue weighted by molar-refractivity contribution is -0.138. The number of aromatic nitrogens is 1. The number of rotatable bonds is 2. The van der Waals surface area contributed by atoms with Crippen molar-refractivity contribution in [1.29, 1.82) is 0 Å². The van der Waals surface area contributed by atoms with Crippen molar-refractivity contribution in [3.63, 3.8) is 0 Å². The molecular formula is C12H11F3N2. The monoisotopic (exact) mass is 240 g/mol. The first-order valence-corrected chi connectivity index (χ1v) is 5.14. The molecule has 0 aliphatic carbocycles. The number of halogens is 3. The number of hydrogen-bond donors (Lipinski definition) is 1. The highest BCUT2D eigenvalue weighted by Gasteiger charge is 2.31. The van der Waals surface area contributed by atoms with Crippen LogP contribution in [-0.4, -0.2) is 11.2 Å². The molecule has 0 fully saturated rings. The van der Waals surface area contributed by atoms with E-state index in [0.717, 1.165) is 5.39 Å². The number of hydrogen-bond acceptors (Lipinski definition) is 2. The van der Waals surface area contributed by atoms with Gasteiger partial charge in [0.15, 0.2) is 0 Å². The summed E-state index contributed by atoms with van der Waals surface area (Å²) in [6, 6.07) is 9.39. The normalized spacial score (nSPS) is 13.9. The second-order valence-corrected chi connectivity index (χ2v) is 3.85. The van der Waals surface area contributed by atoms with Crippen molar-refractivity contribution in [2.24, 2.45) is 5.73 Å². The largest absolute Gasteiger partial charge is 0.390 e. The van der Waals surface area contributed by atoms with Crippen molar-refractivity contribution in [2.45, 2.75) is 18.6 Å². The summed E-state index contributed by atoms with van der Waals surface area (Å²) in [4.78, 5) is 4.13. The van der Waals surface area contributed by atoms with E-state index in [1.807, 2.05) is 12.1 Å². The van der Waals surface area contributed by atoms with Gasteiger partial charge >= 0.3 is 6.18 Å². The van der Waals surface area contributed by atoms with Gasteiger partial charge in [-0.3, -0.25) is 4.98 Å². The van der Waals surface area contributed by atoms with Crippen molar-refractivity contribution >= 4 is 10.9 Å². The lowest BCUT2D eigenvalue weighted by Crippen LogP contribution is -2.21. The third-order valence-corrected chi connectivity index (χ3v) is 2.45. The second-order valence-electron chi connectivity index (χ2n) is 3.85. The van der Waals surface area contributed by atoms with Gasteiger partial charge in [-0.25, -0.2) is 0 Å². The first-order valence-electron chi connectivity index (χ1n) is 5.14. The van der Waals surface area contributed by atoms with E-state index in [2.05, 4.69) is 4.98 Å². The van der Waals surface area contributed by atoms with Crippen molar-refractivity contribution in [1.82, 2.24) is 4.98 Å². The molecule has 2 rings (SSSR count). The molecule has 2 aromatic rings. The molecule has 1 aromatic heterocycles. The predicted molar refractivity (Wildman–Crippen MR) is 59.3 cm³/mol. The topological polar surface area (TPSA) is 38.9 Å². The zero-order chi connectivity index (χ0) is 12.5. The number of para-hydroxylation sites is 1. The lowest BCUT2D eigenvalue weighted by atomic mass is 10.1. The maximum atomic E-state index is 12.2. The van der Waals surface area contributed by atoms with Gasteiger partial charge in [-0.05, 0) is 12.1 Å². The number of benzene rings is 1. The Kier molecular flexibility index (Phi) is 3.02. The van der Waals surface area contributed by atoms with Crippen molar-refractivity contribution in [3.05, 3.63) is 42.1 Å². The summed E-state index contributed by atoms with van der Waals surface area (Å²) in [5.74, 6) is 0. The molecule has 0 unspecified atom stereocenters. The van der Waals surface area contributed by atoms with Crippen LogP contribution in [0.5, 0.6) is 0 Å². The van der Waals surface area contributed by atoms with Crippen LogP contribution in [0.25, 0.3) is 10.9 Å². The number of pyridine rings is 1. The fraction of sp³-hybridized carbons (Fsp3) is 0.250. The van der Waals surface area contributed by atoms with Crippen LogP contribution in [0.4, 0.5) is 13.2 Å². The Morgan fingerprint density at radius 3 is 2.53 bits per heavy atom. The molecule has 0 saturated carbocycles. The molecule has 5 heteroatoms. The van der Waals surface area contributed by atoms with E-state index in [0.29, 0.717) is 5.52 Å². The highest BCUT2D eigenvalue weighted by molar-refractivity contribution is 5.78. The van der Waals surface area contributed by atoms with Crippen molar-refractivity contribution < 1.29 is 13.2 Å². The van der Waals surface area contributed by atoms with E-state index in [1.54, 1.807) is 24.3 Å². The summed E-state index contributed by atoms with van der Waals surface area (Å²) in [7, 11) is 0. The molecule has 0 radical (unpaired) electrons. The first kappa shape index (κ1) is 11.9. The standard InChI is InChI=1S/C12H11F3N2/c13-12(14,15)7-9(16)11-6-5-8-3-1-2-4-10(8)17-11/h1-6,9H,7,16H2/t9-/m1/s1. The average molecular weight is 240 g/mol. The molecule has 1 heterocycles. The lowest BCUT2D eigenvalue weighted by Gasteiger charge is -2.13. The van der Waals surface area contributed by atoms with Crippen LogP contribution in [0.1, 0.15) is 18.2 Å². The van der Waals surface area contributed by atoms with E-state index in [-0.39, 0.29) is 5.69 Å². The summed E-state index contributed by atoms with van der Waals surface area (Å²) in [6.07, 6.45) is -5.33. The molecular weight excluding hydrogens is 229 g/mol. The molecule has 1 atom stereocenters. The van der Waals surface area contributed by atoms with Gasteiger partial charge in [0.25, 0.3) is 0 Å². The van der Waals surface area contributed by atoms with E-state index < -0.39 is 18.6 Å². The van der Waals surface area contributed by atoms with Gasteiger partial charge in [-0.1, -0.05) is 24.3 Å². The predicted octanol–water partition coefficient (Wildman–Crippen LogP) is 3.19. The minimum atomic E-state index is -4.27. The SMILES string of the molecule is N[C@H](CC(F)(F)F)c1ccc2ccccc2n1. The quantitative estimate of drug-likeness (QED) is 0.875. The highest BCUT2D eigenvalue weighted by Crippen LogP contribution is 2.27. The van der Waals surface area contributed by atoms with Gasteiger partial charge in [0.2, 0.25) is 0 Å². The molecule has 0 bridgehead atoms. The minimum Gasteiger partial charge on any atom is -0.322 e. The molecule has 2 N–H and O–H groups in total. The van der Waals surface area contributed by atoms with Gasteiger partial charge in [0.05, 0.1) is 23.7 Å². The molecule has 0 aliphatic rings. The van der Waals surface area contributed by atoms with Crippen LogP contribution in [0.2, 0.25) is 0 Å². The third kappa shape index (κ3) is 2.94. The van der Waals surface area contributed by atoms with Gasteiger partial charge in [0, 0.05) is 5.39 Å². The van der Waals surface area contributed by atoms with Crippen LogP contribution in [0.15, 0.2) is 36.4 Å². The number of nitrogens with zero attached hydrogens (tertiary/aromatic N) is 1. The van der Waals surface area contributed by atoms with Crippen molar-refractivity contribution in [3.8, 4) is 0 Å². The number of alkyl halides is 3. The maximum absolute atomic E-state index is 12.2. The van der Waals surface area contributed by atoms with Crippen LogP contribution in [-0.2, 0) is 0 Å². The fourth-order valence-electron chi connectivity index (χ4n) is 1.64. The molecule has 17 heavy (non-hydrogen) atoms. The summed E-state index contributed by atoms with van der Waals surface area (Å²) < 4.78 is 36.6. The molecule has 0 saturated heterocycles. The highest BCUT2D eigenvalue weighted by atomic mass is 19.4. The van der Waals surface area contributed by atoms with Gasteiger partial charge in [-0.2, -0.15) is 13.2 Å². The number of fused-ring (bicyclic) bond motifs is 1. The van der Waals surface area contributed by atoms with Crippen molar-refractivity contribution in [2.75, 3.05) is 0 Å². The Hall–Kier alpha value is -1.62. The van der Waals surface area contributed by atoms with Gasteiger partial charge < -0.3 is 5.73 Å². The van der Waals surface area contributed by atoms with E-state index in [9.17, 15) is 13.2 Å². The summed E-state index contributed by atoms with van der Waals surface area (Å²) in [5, 5.41) is 0.885. The number of nitrogens with two attached hydrogens (primary N) is 1. The van der Waals surface area contributed by atoms with E-state index in [4.69, 9.17) is 5.73 Å². The van der Waals surface area contributed by atoms with Crippen LogP contribution >= 0.6 is 0 Å². The summed E-state index contributed by atoms with van der Waals surface area (Å²) in [6.45, 7) is 0. The van der Waals surface area contributed by atoms with E-state index in [1.165, 1.54) is 0 Å². The van der Waals surface area contributed by atoms with E-state index >= 15 is 0 Å². The first-order chi connectivity index (χ1) is 7.96. The van der Waals surface area contributed by atoms with Crippen LogP contribution in [0, 0.1) is 0 Å². The Balaban J connectivity index is 2.30. The molecule has 0 amide bonds. The summed E-state index contributed by atoms with van der Waals surface area (Å²) in [5.41, 5.74) is 6.41. The fourth-order valence-corrected chi connectivity index (χ4v) is 1.64. The Labute approximate surface area is 96.3 Å². The zero-order valence-corrected chi connectivity index (χ0v) is 8.91. The average Bonchev–Trinajstić information content (AvgIpc) is 2.26. The Morgan fingerprint density at radius 2 is 1.82 bits per heavy atom. The van der Waals surface area contributed by atoms with Crippen LogP contribution in [0.3, 0.4) is 0 Å². The molecule has 90 valence electrons. The molecule has 0 spiro atoms. The smallest absolute Gasteiger partial charge is 0.322 e. The minimum absolute atomic E-state index is 0.265. The third-order valence-electron chi connectivity index (χ3n) is 2.45. The van der Waals surface area contributed by atoms with Gasteiger partial charge in [-0.15, -0.1) is 0 Å². The molecule has 0 aliphatic heterocycles. The Bertz CT molecular complexity index is 522. The maximum Gasteiger partial charge on any atom is 0.390 e. The van der Waals surface area contributed by atoms with Gasteiger partial charge in [0.1, 0.15) is 0 Å². The zero-order valence-electron chi connectivity index (χ0n) is 8.91.